The molecule has 1 unspecified atom stereocenters. The van der Waals surface area contributed by atoms with Crippen molar-refractivity contribution in [2.24, 2.45) is 5.92 Å². The second-order valence-corrected chi connectivity index (χ2v) is 9.21. The lowest BCUT2D eigenvalue weighted by molar-refractivity contribution is -0.119. The monoisotopic (exact) mass is 432 g/mol. The molecule has 1 atom stereocenters. The number of fused-ring (bicyclic) bond motifs is 1. The normalized spacial score (nSPS) is 15.3. The molecule has 7 heteroatoms. The van der Waals surface area contributed by atoms with Crippen molar-refractivity contribution in [3.05, 3.63) is 63.9 Å². The molecular formula is C24H24N4O2S. The first kappa shape index (κ1) is 21.1. The molecule has 0 aliphatic heterocycles. The van der Waals surface area contributed by atoms with Gasteiger partial charge in [-0.05, 0) is 63.3 Å². The first-order chi connectivity index (χ1) is 14.8. The van der Waals surface area contributed by atoms with E-state index in [1.807, 2.05) is 44.2 Å². The molecule has 1 saturated carbocycles. The Bertz CT molecular complexity index is 1270. The maximum absolute atomic E-state index is 13.4. The van der Waals surface area contributed by atoms with E-state index in [1.54, 1.807) is 23.6 Å². The van der Waals surface area contributed by atoms with Crippen LogP contribution in [0.5, 0.6) is 0 Å². The summed E-state index contributed by atoms with van der Waals surface area (Å²) in [5.74, 6) is 0.0359. The Morgan fingerprint density at radius 2 is 2.03 bits per heavy atom. The minimum absolute atomic E-state index is 0.0691. The van der Waals surface area contributed by atoms with E-state index in [2.05, 4.69) is 11.4 Å². The summed E-state index contributed by atoms with van der Waals surface area (Å²) < 4.78 is 1.58. The van der Waals surface area contributed by atoms with Crippen LogP contribution in [0.4, 0.5) is 0 Å². The van der Waals surface area contributed by atoms with E-state index in [-0.39, 0.29) is 23.1 Å². The molecule has 31 heavy (non-hydrogen) atoms. The van der Waals surface area contributed by atoms with Gasteiger partial charge in [0.2, 0.25) is 5.91 Å². The average Bonchev–Trinajstić information content (AvgIpc) is 3.59. The predicted molar refractivity (Wildman–Crippen MR) is 122 cm³/mol. The Hall–Kier alpha value is -3.11. The van der Waals surface area contributed by atoms with Gasteiger partial charge in [-0.3, -0.25) is 14.2 Å². The van der Waals surface area contributed by atoms with E-state index in [1.165, 1.54) is 11.8 Å². The minimum atomic E-state index is -0.846. The smallest absolute Gasteiger partial charge is 0.266 e. The number of aromatic nitrogens is 2. The van der Waals surface area contributed by atoms with Gasteiger partial charge in [-0.2, -0.15) is 5.26 Å². The third-order valence-electron chi connectivity index (χ3n) is 5.70. The second kappa shape index (κ2) is 8.20. The fraction of sp³-hybridized carbons (Fsp3) is 0.333. The first-order valence-electron chi connectivity index (χ1n) is 10.3. The number of hydrogen-bond acceptors (Lipinski definition) is 5. The van der Waals surface area contributed by atoms with Gasteiger partial charge < -0.3 is 5.32 Å². The van der Waals surface area contributed by atoms with Crippen molar-refractivity contribution in [3.8, 4) is 11.8 Å². The number of carbonyl (C=O) groups excluding carboxylic acids is 1. The van der Waals surface area contributed by atoms with Crippen LogP contribution in [0.25, 0.3) is 16.6 Å². The van der Waals surface area contributed by atoms with Crippen LogP contribution in [0.3, 0.4) is 0 Å². The van der Waals surface area contributed by atoms with Crippen LogP contribution < -0.4 is 10.9 Å². The van der Waals surface area contributed by atoms with Crippen LogP contribution in [0, 0.1) is 31.1 Å². The Labute approximate surface area is 185 Å². The third-order valence-corrected chi connectivity index (χ3v) is 6.63. The Kier molecular flexibility index (Phi) is 5.59. The van der Waals surface area contributed by atoms with Gasteiger partial charge >= 0.3 is 0 Å². The fourth-order valence-electron chi connectivity index (χ4n) is 3.82. The SMILES string of the molecule is Cc1ccc(-n2c(SCC(=O)NC(C)(C#N)C3CC3)nc3ccccc3c2=O)c(C)c1. The first-order valence-corrected chi connectivity index (χ1v) is 11.3. The minimum Gasteiger partial charge on any atom is -0.337 e. The Morgan fingerprint density at radius 3 is 2.71 bits per heavy atom. The van der Waals surface area contributed by atoms with Crippen LogP contribution in [0.15, 0.2) is 52.4 Å². The lowest BCUT2D eigenvalue weighted by atomic mass is 9.98. The van der Waals surface area contributed by atoms with Crippen LogP contribution >= 0.6 is 11.8 Å². The summed E-state index contributed by atoms with van der Waals surface area (Å²) in [6.07, 6.45) is 1.91. The number of thioether (sulfide) groups is 1. The summed E-state index contributed by atoms with van der Waals surface area (Å²) >= 11 is 1.21. The highest BCUT2D eigenvalue weighted by molar-refractivity contribution is 7.99. The molecule has 1 N–H and O–H groups in total. The molecule has 1 amide bonds. The predicted octanol–water partition coefficient (Wildman–Crippen LogP) is 3.90. The summed E-state index contributed by atoms with van der Waals surface area (Å²) in [6.45, 7) is 5.73. The van der Waals surface area contributed by atoms with Crippen LogP contribution in [-0.2, 0) is 4.79 Å². The lowest BCUT2D eigenvalue weighted by Crippen LogP contribution is -2.47. The zero-order valence-electron chi connectivity index (χ0n) is 17.8. The van der Waals surface area contributed by atoms with E-state index in [0.29, 0.717) is 16.1 Å². The molecule has 0 bridgehead atoms. The fourth-order valence-corrected chi connectivity index (χ4v) is 4.62. The second-order valence-electron chi connectivity index (χ2n) is 8.27. The molecule has 6 nitrogen and oxygen atoms in total. The largest absolute Gasteiger partial charge is 0.337 e. The lowest BCUT2D eigenvalue weighted by Gasteiger charge is -2.23. The van der Waals surface area contributed by atoms with E-state index in [4.69, 9.17) is 4.98 Å². The number of nitrogens with one attached hydrogen (secondary N) is 1. The maximum Gasteiger partial charge on any atom is 0.266 e. The molecule has 1 aliphatic carbocycles. The van der Waals surface area contributed by atoms with Crippen molar-refractivity contribution in [1.82, 2.24) is 14.9 Å². The van der Waals surface area contributed by atoms with E-state index in [0.717, 1.165) is 29.7 Å². The van der Waals surface area contributed by atoms with Gasteiger partial charge in [-0.15, -0.1) is 0 Å². The van der Waals surface area contributed by atoms with Crippen molar-refractivity contribution >= 4 is 28.6 Å². The number of nitriles is 1. The number of amides is 1. The number of carbonyl (C=O) groups is 1. The van der Waals surface area contributed by atoms with Gasteiger partial charge in [0.1, 0.15) is 5.54 Å². The van der Waals surface area contributed by atoms with Crippen LogP contribution in [-0.4, -0.2) is 26.8 Å². The molecular weight excluding hydrogens is 408 g/mol. The Balaban J connectivity index is 1.70. The van der Waals surface area contributed by atoms with Gasteiger partial charge in [0.15, 0.2) is 5.16 Å². The molecule has 0 saturated heterocycles. The maximum atomic E-state index is 13.4. The molecule has 2 aromatic carbocycles. The van der Waals surface area contributed by atoms with Gasteiger partial charge in [0, 0.05) is 0 Å². The molecule has 1 aromatic heterocycles. The topological polar surface area (TPSA) is 87.8 Å². The highest BCUT2D eigenvalue weighted by Crippen LogP contribution is 2.39. The van der Waals surface area contributed by atoms with Crippen molar-refractivity contribution in [2.45, 2.75) is 44.3 Å². The standard InChI is InChI=1S/C24H24N4O2S/c1-15-8-11-20(16(2)12-15)28-22(30)18-6-4-5-7-19(18)26-23(28)31-13-21(29)27-24(3,14-25)17-9-10-17/h4-8,11-12,17H,9-10,13H2,1-3H3,(H,27,29). The van der Waals surface area contributed by atoms with Crippen molar-refractivity contribution < 1.29 is 4.79 Å². The molecule has 0 radical (unpaired) electrons. The van der Waals surface area contributed by atoms with Crippen molar-refractivity contribution in [1.29, 1.82) is 5.26 Å². The highest BCUT2D eigenvalue weighted by Gasteiger charge is 2.43. The molecule has 0 spiro atoms. The average molecular weight is 433 g/mol. The molecule has 1 fully saturated rings. The number of benzene rings is 2. The van der Waals surface area contributed by atoms with Crippen molar-refractivity contribution in [2.75, 3.05) is 5.75 Å². The summed E-state index contributed by atoms with van der Waals surface area (Å²) in [5.41, 5.74) is 2.39. The molecule has 1 aliphatic rings. The van der Waals surface area contributed by atoms with Gasteiger partial charge in [0.25, 0.3) is 5.56 Å². The summed E-state index contributed by atoms with van der Waals surface area (Å²) in [7, 11) is 0. The zero-order chi connectivity index (χ0) is 22.2. The number of aryl methyl sites for hydroxylation is 2. The van der Waals surface area contributed by atoms with Gasteiger partial charge in [-0.25, -0.2) is 4.98 Å². The number of hydrogen-bond donors (Lipinski definition) is 1. The quantitative estimate of drug-likeness (QED) is 0.471. The van der Waals surface area contributed by atoms with E-state index >= 15 is 0 Å². The summed E-state index contributed by atoms with van der Waals surface area (Å²) in [6, 6.07) is 15.3. The highest BCUT2D eigenvalue weighted by atomic mass is 32.2. The molecule has 158 valence electrons. The van der Waals surface area contributed by atoms with Gasteiger partial charge in [-0.1, -0.05) is 41.6 Å². The number of para-hydroxylation sites is 1. The van der Waals surface area contributed by atoms with Crippen LogP contribution in [0.2, 0.25) is 0 Å². The third kappa shape index (κ3) is 4.21. The van der Waals surface area contributed by atoms with Crippen LogP contribution in [0.1, 0.15) is 30.9 Å². The molecule has 1 heterocycles. The molecule has 4 rings (SSSR count). The van der Waals surface area contributed by atoms with Gasteiger partial charge in [0.05, 0.1) is 28.4 Å². The van der Waals surface area contributed by atoms with E-state index < -0.39 is 5.54 Å². The summed E-state index contributed by atoms with van der Waals surface area (Å²) in [4.78, 5) is 30.7. The summed E-state index contributed by atoms with van der Waals surface area (Å²) in [5, 5.41) is 13.4. The van der Waals surface area contributed by atoms with Crippen molar-refractivity contribution in [3.63, 3.8) is 0 Å². The zero-order valence-corrected chi connectivity index (χ0v) is 18.6. The number of rotatable bonds is 6. The molecule has 3 aromatic rings. The van der Waals surface area contributed by atoms with E-state index in [9.17, 15) is 14.9 Å². The number of nitrogens with zero attached hydrogens (tertiary/aromatic N) is 3. The Morgan fingerprint density at radius 1 is 1.29 bits per heavy atom.